The van der Waals surface area contributed by atoms with Gasteiger partial charge in [-0.1, -0.05) is 32.9 Å². The van der Waals surface area contributed by atoms with Crippen LogP contribution < -0.4 is 19.5 Å². The van der Waals surface area contributed by atoms with Crippen molar-refractivity contribution < 1.29 is 28.5 Å². The minimum absolute atomic E-state index is 0.0393. The summed E-state index contributed by atoms with van der Waals surface area (Å²) in [5.41, 5.74) is 1.67. The van der Waals surface area contributed by atoms with Gasteiger partial charge in [-0.3, -0.25) is 4.79 Å². The Hall–Kier alpha value is -3.22. The number of hydrogen-bond acceptors (Lipinski definition) is 6. The highest BCUT2D eigenvalue weighted by Crippen LogP contribution is 2.26. The summed E-state index contributed by atoms with van der Waals surface area (Å²) in [4.78, 5) is 23.8. The van der Waals surface area contributed by atoms with Crippen molar-refractivity contribution in [3.8, 4) is 17.2 Å². The normalized spacial score (nSPS) is 10.8. The molecule has 1 N–H and O–H groups in total. The average molecular weight is 401 g/mol. The summed E-state index contributed by atoms with van der Waals surface area (Å²) < 4.78 is 20.6. The van der Waals surface area contributed by atoms with Gasteiger partial charge in [-0.2, -0.15) is 0 Å². The molecular weight excluding hydrogens is 374 g/mol. The van der Waals surface area contributed by atoms with Crippen molar-refractivity contribution in [1.29, 1.82) is 0 Å². The number of hydrogen-bond donors (Lipinski definition) is 1. The van der Waals surface area contributed by atoms with E-state index in [1.807, 2.05) is 12.1 Å². The van der Waals surface area contributed by atoms with E-state index in [-0.39, 0.29) is 12.0 Å². The van der Waals surface area contributed by atoms with E-state index >= 15 is 0 Å². The van der Waals surface area contributed by atoms with E-state index in [1.165, 1.54) is 19.8 Å². The van der Waals surface area contributed by atoms with Crippen molar-refractivity contribution >= 4 is 17.6 Å². The first-order chi connectivity index (χ1) is 13.7. The summed E-state index contributed by atoms with van der Waals surface area (Å²) in [6.07, 6.45) is 0. The number of amides is 1. The lowest BCUT2D eigenvalue weighted by molar-refractivity contribution is -0.149. The third-order valence-corrected chi connectivity index (χ3v) is 4.08. The maximum Gasteiger partial charge on any atom is 0.344 e. The summed E-state index contributed by atoms with van der Waals surface area (Å²) in [6.45, 7) is 5.65. The Morgan fingerprint density at radius 2 is 1.45 bits per heavy atom. The molecule has 0 aliphatic rings. The van der Waals surface area contributed by atoms with Gasteiger partial charge in [0.25, 0.3) is 5.91 Å². The molecular formula is C22H27NO6. The van der Waals surface area contributed by atoms with Crippen LogP contribution in [0.2, 0.25) is 0 Å². The lowest BCUT2D eigenvalue weighted by atomic mass is 9.87. The van der Waals surface area contributed by atoms with E-state index in [1.54, 1.807) is 30.3 Å². The second kappa shape index (κ2) is 9.82. The predicted octanol–water partition coefficient (Wildman–Crippen LogP) is 3.56. The molecule has 0 unspecified atom stereocenters. The molecule has 0 spiro atoms. The number of rotatable bonds is 8. The Bertz CT molecular complexity index is 817. The van der Waals surface area contributed by atoms with Crippen LogP contribution in [0.3, 0.4) is 0 Å². The Balaban J connectivity index is 1.79. The molecule has 0 fully saturated rings. The molecule has 0 aromatic heterocycles. The molecule has 7 heteroatoms. The van der Waals surface area contributed by atoms with Crippen molar-refractivity contribution in [1.82, 2.24) is 0 Å². The third kappa shape index (κ3) is 7.03. The smallest absolute Gasteiger partial charge is 0.344 e. The lowest BCUT2D eigenvalue weighted by Crippen LogP contribution is -2.23. The minimum atomic E-state index is -0.636. The van der Waals surface area contributed by atoms with Crippen LogP contribution in [0.5, 0.6) is 17.2 Å². The van der Waals surface area contributed by atoms with Gasteiger partial charge in [0.15, 0.2) is 13.2 Å². The van der Waals surface area contributed by atoms with Gasteiger partial charge in [-0.05, 0) is 23.1 Å². The summed E-state index contributed by atoms with van der Waals surface area (Å²) in [7, 11) is 3.03. The van der Waals surface area contributed by atoms with Gasteiger partial charge < -0.3 is 24.3 Å². The van der Waals surface area contributed by atoms with Gasteiger partial charge in [0.2, 0.25) is 0 Å². The lowest BCUT2D eigenvalue weighted by Gasteiger charge is -2.19. The van der Waals surface area contributed by atoms with Crippen LogP contribution in [-0.2, 0) is 19.7 Å². The van der Waals surface area contributed by atoms with Crippen molar-refractivity contribution in [3.05, 3.63) is 48.0 Å². The number of ether oxygens (including phenoxy) is 4. The molecule has 1 amide bonds. The minimum Gasteiger partial charge on any atom is -0.497 e. The van der Waals surface area contributed by atoms with Crippen LogP contribution in [0.25, 0.3) is 0 Å². The quantitative estimate of drug-likeness (QED) is 0.681. The van der Waals surface area contributed by atoms with E-state index in [9.17, 15) is 9.59 Å². The summed E-state index contributed by atoms with van der Waals surface area (Å²) in [6, 6.07) is 12.5. The standard InChI is InChI=1S/C22H27NO6/c1-22(2,3)15-6-8-17(9-7-15)28-14-21(25)29-13-20(24)23-16-10-18(26-4)12-19(11-16)27-5/h6-12H,13-14H2,1-5H3,(H,23,24). The highest BCUT2D eigenvalue weighted by atomic mass is 16.6. The largest absolute Gasteiger partial charge is 0.497 e. The Labute approximate surface area is 170 Å². The highest BCUT2D eigenvalue weighted by molar-refractivity contribution is 5.93. The van der Waals surface area contributed by atoms with E-state index < -0.39 is 18.5 Å². The molecule has 29 heavy (non-hydrogen) atoms. The highest BCUT2D eigenvalue weighted by Gasteiger charge is 2.14. The molecule has 0 aliphatic carbocycles. The second-order valence-corrected chi connectivity index (χ2v) is 7.37. The Morgan fingerprint density at radius 1 is 0.862 bits per heavy atom. The number of benzene rings is 2. The van der Waals surface area contributed by atoms with Gasteiger partial charge in [-0.25, -0.2) is 4.79 Å². The maximum atomic E-state index is 12.0. The molecule has 2 aromatic rings. The molecule has 0 aliphatic heterocycles. The van der Waals surface area contributed by atoms with Crippen LogP contribution in [0, 0.1) is 0 Å². The van der Waals surface area contributed by atoms with E-state index in [0.717, 1.165) is 0 Å². The van der Waals surface area contributed by atoms with Gasteiger partial charge in [-0.15, -0.1) is 0 Å². The van der Waals surface area contributed by atoms with Crippen molar-refractivity contribution in [3.63, 3.8) is 0 Å². The summed E-state index contributed by atoms with van der Waals surface area (Å²) >= 11 is 0. The van der Waals surface area contributed by atoms with Gasteiger partial charge >= 0.3 is 5.97 Å². The van der Waals surface area contributed by atoms with Crippen LogP contribution in [-0.4, -0.2) is 39.3 Å². The number of anilines is 1. The fourth-order valence-electron chi connectivity index (χ4n) is 2.46. The maximum absolute atomic E-state index is 12.0. The van der Waals surface area contributed by atoms with Crippen LogP contribution in [0.4, 0.5) is 5.69 Å². The van der Waals surface area contributed by atoms with Gasteiger partial charge in [0, 0.05) is 23.9 Å². The second-order valence-electron chi connectivity index (χ2n) is 7.37. The first kappa shape index (κ1) is 22.1. The molecule has 0 radical (unpaired) electrons. The predicted molar refractivity (Wildman–Crippen MR) is 110 cm³/mol. The number of carbonyl (C=O) groups is 2. The molecule has 7 nitrogen and oxygen atoms in total. The zero-order valence-electron chi connectivity index (χ0n) is 17.4. The van der Waals surface area contributed by atoms with Crippen LogP contribution >= 0.6 is 0 Å². The first-order valence-corrected chi connectivity index (χ1v) is 9.13. The van der Waals surface area contributed by atoms with E-state index in [4.69, 9.17) is 18.9 Å². The molecule has 0 atom stereocenters. The van der Waals surface area contributed by atoms with Crippen molar-refractivity contribution in [2.75, 3.05) is 32.8 Å². The van der Waals surface area contributed by atoms with Crippen LogP contribution in [0.1, 0.15) is 26.3 Å². The summed E-state index contributed by atoms with van der Waals surface area (Å²) in [5.74, 6) is 0.499. The number of esters is 1. The summed E-state index contributed by atoms with van der Waals surface area (Å²) in [5, 5.41) is 2.62. The molecule has 0 bridgehead atoms. The number of carbonyl (C=O) groups excluding carboxylic acids is 2. The topological polar surface area (TPSA) is 83.1 Å². The fraction of sp³-hybridized carbons (Fsp3) is 0.364. The number of methoxy groups -OCH3 is 2. The van der Waals surface area contributed by atoms with Gasteiger partial charge in [0.1, 0.15) is 17.2 Å². The van der Waals surface area contributed by atoms with E-state index in [0.29, 0.717) is 22.9 Å². The van der Waals surface area contributed by atoms with Gasteiger partial charge in [0.05, 0.1) is 14.2 Å². The number of nitrogens with one attached hydrogen (secondary N) is 1. The SMILES string of the molecule is COc1cc(NC(=O)COC(=O)COc2ccc(C(C)(C)C)cc2)cc(OC)c1. The molecule has 0 heterocycles. The first-order valence-electron chi connectivity index (χ1n) is 9.13. The zero-order valence-corrected chi connectivity index (χ0v) is 17.4. The van der Waals surface area contributed by atoms with Crippen LogP contribution in [0.15, 0.2) is 42.5 Å². The molecule has 2 rings (SSSR count). The Kier molecular flexibility index (Phi) is 7.47. The third-order valence-electron chi connectivity index (χ3n) is 4.08. The zero-order chi connectivity index (χ0) is 21.4. The monoisotopic (exact) mass is 401 g/mol. The molecule has 156 valence electrons. The fourth-order valence-corrected chi connectivity index (χ4v) is 2.46. The van der Waals surface area contributed by atoms with Crippen molar-refractivity contribution in [2.24, 2.45) is 0 Å². The molecule has 0 saturated carbocycles. The Morgan fingerprint density at radius 3 is 1.97 bits per heavy atom. The molecule has 0 saturated heterocycles. The molecule has 2 aromatic carbocycles. The van der Waals surface area contributed by atoms with E-state index in [2.05, 4.69) is 26.1 Å². The van der Waals surface area contributed by atoms with Crippen molar-refractivity contribution in [2.45, 2.75) is 26.2 Å². The average Bonchev–Trinajstić information content (AvgIpc) is 2.70.